The molecule has 0 radical (unpaired) electrons. The topological polar surface area (TPSA) is 54.9 Å². The predicted molar refractivity (Wildman–Crippen MR) is 124 cm³/mol. The first kappa shape index (κ1) is 20.9. The van der Waals surface area contributed by atoms with E-state index in [1.54, 1.807) is 0 Å². The number of fused-ring (bicyclic) bond motifs is 1. The number of ether oxygens (including phenoxy) is 2. The molecule has 1 amide bonds. The average molecular weight is 432 g/mol. The predicted octanol–water partition coefficient (Wildman–Crippen LogP) is 3.75. The van der Waals surface area contributed by atoms with Crippen molar-refractivity contribution in [3.05, 3.63) is 71.9 Å². The molecular weight excluding hydrogens is 402 g/mol. The van der Waals surface area contributed by atoms with E-state index < -0.39 is 0 Å². The summed E-state index contributed by atoms with van der Waals surface area (Å²) >= 11 is 0. The molecule has 1 aromatic heterocycles. The van der Waals surface area contributed by atoms with E-state index in [2.05, 4.69) is 34.1 Å². The number of benzene rings is 2. The van der Waals surface area contributed by atoms with E-state index in [9.17, 15) is 4.79 Å². The molecule has 32 heavy (non-hydrogen) atoms. The third-order valence-corrected chi connectivity index (χ3v) is 6.33. The van der Waals surface area contributed by atoms with E-state index in [-0.39, 0.29) is 12.0 Å². The Morgan fingerprint density at radius 1 is 1.03 bits per heavy atom. The zero-order valence-electron chi connectivity index (χ0n) is 18.3. The Hall–Kier alpha value is -2.96. The van der Waals surface area contributed by atoms with Crippen molar-refractivity contribution in [1.29, 1.82) is 0 Å². The van der Waals surface area contributed by atoms with Crippen LogP contribution in [0.25, 0.3) is 10.9 Å². The third kappa shape index (κ3) is 4.76. The van der Waals surface area contributed by atoms with Gasteiger partial charge in [-0.1, -0.05) is 24.3 Å². The molecule has 1 unspecified atom stereocenters. The van der Waals surface area contributed by atoms with E-state index in [0.717, 1.165) is 63.4 Å². The van der Waals surface area contributed by atoms with Crippen LogP contribution in [0.4, 0.5) is 0 Å². The molecule has 0 N–H and O–H groups in total. The number of carbonyl (C=O) groups excluding carboxylic acids is 1. The Morgan fingerprint density at radius 3 is 2.62 bits per heavy atom. The summed E-state index contributed by atoms with van der Waals surface area (Å²) in [5.41, 5.74) is 3.01. The van der Waals surface area contributed by atoms with Gasteiger partial charge in [0, 0.05) is 56.5 Å². The van der Waals surface area contributed by atoms with Crippen LogP contribution < -0.4 is 4.74 Å². The SMILES string of the molecule is O=C(c1ccc(OCC2CCCO2)cc1)N1CCN(Cc2cccc3cccnc23)CC1. The number of hydrogen-bond donors (Lipinski definition) is 0. The largest absolute Gasteiger partial charge is 0.491 e. The van der Waals surface area contributed by atoms with Gasteiger partial charge >= 0.3 is 0 Å². The number of nitrogens with zero attached hydrogens (tertiary/aromatic N) is 3. The van der Waals surface area contributed by atoms with Gasteiger partial charge in [-0.05, 0) is 48.7 Å². The van der Waals surface area contributed by atoms with Crippen LogP contribution in [0.2, 0.25) is 0 Å². The van der Waals surface area contributed by atoms with Gasteiger partial charge in [-0.25, -0.2) is 0 Å². The van der Waals surface area contributed by atoms with Crippen LogP contribution in [-0.4, -0.2) is 66.2 Å². The minimum atomic E-state index is 0.0853. The molecule has 2 aromatic carbocycles. The molecule has 2 saturated heterocycles. The highest BCUT2D eigenvalue weighted by Gasteiger charge is 2.23. The summed E-state index contributed by atoms with van der Waals surface area (Å²) in [6, 6.07) is 17.9. The van der Waals surface area contributed by atoms with E-state index in [4.69, 9.17) is 9.47 Å². The lowest BCUT2D eigenvalue weighted by Gasteiger charge is -2.35. The highest BCUT2D eigenvalue weighted by Crippen LogP contribution is 2.20. The second-order valence-electron chi connectivity index (χ2n) is 8.53. The molecule has 0 spiro atoms. The fourth-order valence-electron chi connectivity index (χ4n) is 4.49. The normalized spacial score (nSPS) is 19.4. The fraction of sp³-hybridized carbons (Fsp3) is 0.385. The Balaban J connectivity index is 1.14. The number of pyridine rings is 1. The van der Waals surface area contributed by atoms with Crippen LogP contribution in [0.3, 0.4) is 0 Å². The van der Waals surface area contributed by atoms with Crippen LogP contribution in [0.5, 0.6) is 5.75 Å². The second kappa shape index (κ2) is 9.67. The summed E-state index contributed by atoms with van der Waals surface area (Å²) in [6.45, 7) is 5.43. The molecule has 1 atom stereocenters. The standard InChI is InChI=1S/C26H29N3O3/c30-26(21-8-10-23(11-9-21)32-19-24-7-3-17-31-24)29-15-13-28(14-16-29)18-22-5-1-4-20-6-2-12-27-25(20)22/h1-2,4-6,8-12,24H,3,7,13-19H2. The van der Waals surface area contributed by atoms with Crippen molar-refractivity contribution in [2.75, 3.05) is 39.4 Å². The van der Waals surface area contributed by atoms with E-state index in [1.807, 2.05) is 41.4 Å². The number of rotatable bonds is 6. The summed E-state index contributed by atoms with van der Waals surface area (Å²) in [4.78, 5) is 21.9. The monoisotopic (exact) mass is 431 g/mol. The van der Waals surface area contributed by atoms with E-state index in [1.165, 1.54) is 10.9 Å². The molecule has 0 saturated carbocycles. The highest BCUT2D eigenvalue weighted by molar-refractivity contribution is 5.94. The maximum Gasteiger partial charge on any atom is 0.253 e. The lowest BCUT2D eigenvalue weighted by Crippen LogP contribution is -2.48. The lowest BCUT2D eigenvalue weighted by atomic mass is 10.1. The number of hydrogen-bond acceptors (Lipinski definition) is 5. The Bertz CT molecular complexity index is 1050. The van der Waals surface area contributed by atoms with Gasteiger partial charge in [0.15, 0.2) is 0 Å². The minimum absolute atomic E-state index is 0.0853. The summed E-state index contributed by atoms with van der Waals surface area (Å²) in [5.74, 6) is 0.868. The average Bonchev–Trinajstić information content (AvgIpc) is 3.37. The molecule has 2 fully saturated rings. The van der Waals surface area contributed by atoms with Gasteiger partial charge in [-0.3, -0.25) is 14.7 Å². The maximum absolute atomic E-state index is 13.0. The van der Waals surface area contributed by atoms with Crippen molar-refractivity contribution < 1.29 is 14.3 Å². The molecule has 6 heteroatoms. The van der Waals surface area contributed by atoms with Crippen LogP contribution in [0.1, 0.15) is 28.8 Å². The van der Waals surface area contributed by atoms with Crippen molar-refractivity contribution in [2.45, 2.75) is 25.5 Å². The summed E-state index contributed by atoms with van der Waals surface area (Å²) in [6.07, 6.45) is 4.20. The smallest absolute Gasteiger partial charge is 0.253 e. The van der Waals surface area contributed by atoms with Crippen LogP contribution >= 0.6 is 0 Å². The highest BCUT2D eigenvalue weighted by atomic mass is 16.5. The number of para-hydroxylation sites is 1. The fourth-order valence-corrected chi connectivity index (χ4v) is 4.49. The summed E-state index contributed by atoms with van der Waals surface area (Å²) in [7, 11) is 0. The Labute approximate surface area is 188 Å². The van der Waals surface area contributed by atoms with Crippen molar-refractivity contribution in [1.82, 2.24) is 14.8 Å². The van der Waals surface area contributed by atoms with Gasteiger partial charge in [0.1, 0.15) is 12.4 Å². The second-order valence-corrected chi connectivity index (χ2v) is 8.53. The maximum atomic E-state index is 13.0. The van der Waals surface area contributed by atoms with Crippen molar-refractivity contribution in [3.8, 4) is 5.75 Å². The number of aromatic nitrogens is 1. The first-order chi connectivity index (χ1) is 15.8. The van der Waals surface area contributed by atoms with Gasteiger partial charge in [0.25, 0.3) is 5.91 Å². The van der Waals surface area contributed by atoms with Gasteiger partial charge in [-0.15, -0.1) is 0 Å². The molecule has 6 nitrogen and oxygen atoms in total. The molecular formula is C26H29N3O3. The van der Waals surface area contributed by atoms with Gasteiger partial charge < -0.3 is 14.4 Å². The first-order valence-electron chi connectivity index (χ1n) is 11.4. The van der Waals surface area contributed by atoms with Crippen LogP contribution in [0, 0.1) is 0 Å². The minimum Gasteiger partial charge on any atom is -0.491 e. The number of carbonyl (C=O) groups is 1. The third-order valence-electron chi connectivity index (χ3n) is 6.33. The first-order valence-corrected chi connectivity index (χ1v) is 11.4. The summed E-state index contributed by atoms with van der Waals surface area (Å²) < 4.78 is 11.4. The Kier molecular flexibility index (Phi) is 6.32. The quantitative estimate of drug-likeness (QED) is 0.595. The number of amides is 1. The molecule has 3 aromatic rings. The molecule has 2 aliphatic heterocycles. The molecule has 3 heterocycles. The van der Waals surface area contributed by atoms with Crippen LogP contribution in [0.15, 0.2) is 60.8 Å². The van der Waals surface area contributed by atoms with Gasteiger partial charge in [0.2, 0.25) is 0 Å². The van der Waals surface area contributed by atoms with Crippen molar-refractivity contribution in [3.63, 3.8) is 0 Å². The Morgan fingerprint density at radius 2 is 1.84 bits per heavy atom. The number of piperazine rings is 1. The molecule has 0 bridgehead atoms. The van der Waals surface area contributed by atoms with E-state index in [0.29, 0.717) is 12.2 Å². The van der Waals surface area contributed by atoms with Crippen molar-refractivity contribution in [2.24, 2.45) is 0 Å². The zero-order chi connectivity index (χ0) is 21.8. The molecule has 5 rings (SSSR count). The van der Waals surface area contributed by atoms with Crippen molar-refractivity contribution >= 4 is 16.8 Å². The molecule has 2 aliphatic rings. The zero-order valence-corrected chi connectivity index (χ0v) is 18.3. The van der Waals surface area contributed by atoms with E-state index >= 15 is 0 Å². The summed E-state index contributed by atoms with van der Waals surface area (Å²) in [5, 5.41) is 1.17. The van der Waals surface area contributed by atoms with Gasteiger partial charge in [-0.2, -0.15) is 0 Å². The van der Waals surface area contributed by atoms with Gasteiger partial charge in [0.05, 0.1) is 11.6 Å². The lowest BCUT2D eigenvalue weighted by molar-refractivity contribution is 0.0627. The molecule has 0 aliphatic carbocycles. The molecule has 166 valence electrons. The van der Waals surface area contributed by atoms with Crippen LogP contribution in [-0.2, 0) is 11.3 Å².